The standard InChI is InChI=1S/C15H19FN6O/c1-21(2)13-12(9-17-14(20-13)22(3)4)19-15(23)18-11-8-6-5-7-10(11)16/h5-9H,1-4H3,(H2,18,19,23). The number of carbonyl (C=O) groups is 1. The molecule has 0 unspecified atom stereocenters. The Balaban J connectivity index is 2.19. The second-order valence-corrected chi connectivity index (χ2v) is 5.26. The van der Waals surface area contributed by atoms with Crippen LogP contribution in [0.25, 0.3) is 0 Å². The zero-order valence-corrected chi connectivity index (χ0v) is 13.5. The molecule has 2 rings (SSSR count). The number of nitrogens with one attached hydrogen (secondary N) is 2. The fourth-order valence-electron chi connectivity index (χ4n) is 1.85. The SMILES string of the molecule is CN(C)c1ncc(NC(=O)Nc2ccccc2F)c(N(C)C)n1. The molecular weight excluding hydrogens is 299 g/mol. The van der Waals surface area contributed by atoms with E-state index in [4.69, 9.17) is 0 Å². The molecule has 0 aliphatic carbocycles. The first-order valence-electron chi connectivity index (χ1n) is 6.92. The van der Waals surface area contributed by atoms with Crippen LogP contribution in [0.4, 0.5) is 32.3 Å². The van der Waals surface area contributed by atoms with Gasteiger partial charge in [0.15, 0.2) is 5.82 Å². The summed E-state index contributed by atoms with van der Waals surface area (Å²) in [6.45, 7) is 0. The minimum absolute atomic E-state index is 0.0993. The number of anilines is 4. The average molecular weight is 318 g/mol. The van der Waals surface area contributed by atoms with E-state index in [1.807, 2.05) is 28.2 Å². The molecule has 2 aromatic rings. The lowest BCUT2D eigenvalue weighted by atomic mass is 10.3. The number of hydrogen-bond acceptors (Lipinski definition) is 5. The summed E-state index contributed by atoms with van der Waals surface area (Å²) in [5.74, 6) is 0.566. The second-order valence-electron chi connectivity index (χ2n) is 5.26. The van der Waals surface area contributed by atoms with E-state index in [0.717, 1.165) is 0 Å². The van der Waals surface area contributed by atoms with Crippen LogP contribution in [0.3, 0.4) is 0 Å². The summed E-state index contributed by atoms with van der Waals surface area (Å²) in [4.78, 5) is 24.1. The molecule has 1 heterocycles. The molecule has 2 amide bonds. The number of halogens is 1. The average Bonchev–Trinajstić information content (AvgIpc) is 2.49. The number of carbonyl (C=O) groups excluding carboxylic acids is 1. The van der Waals surface area contributed by atoms with E-state index >= 15 is 0 Å². The van der Waals surface area contributed by atoms with Crippen molar-refractivity contribution >= 4 is 29.2 Å². The normalized spacial score (nSPS) is 10.1. The summed E-state index contributed by atoms with van der Waals surface area (Å²) >= 11 is 0. The summed E-state index contributed by atoms with van der Waals surface area (Å²) in [5, 5.41) is 5.08. The van der Waals surface area contributed by atoms with Crippen molar-refractivity contribution in [1.29, 1.82) is 0 Å². The molecule has 0 saturated heterocycles. The number of para-hydroxylation sites is 1. The number of hydrogen-bond donors (Lipinski definition) is 2. The lowest BCUT2D eigenvalue weighted by Crippen LogP contribution is -2.24. The van der Waals surface area contributed by atoms with Crippen molar-refractivity contribution in [2.24, 2.45) is 0 Å². The molecule has 0 atom stereocenters. The molecule has 0 spiro atoms. The highest BCUT2D eigenvalue weighted by molar-refractivity contribution is 6.01. The number of benzene rings is 1. The summed E-state index contributed by atoms with van der Waals surface area (Å²) in [6.07, 6.45) is 1.51. The Bertz CT molecular complexity index is 704. The lowest BCUT2D eigenvalue weighted by molar-refractivity contribution is 0.262. The Morgan fingerprint density at radius 3 is 2.30 bits per heavy atom. The summed E-state index contributed by atoms with van der Waals surface area (Å²) in [6, 6.07) is 5.37. The molecule has 0 fully saturated rings. The van der Waals surface area contributed by atoms with Crippen LogP contribution in [-0.4, -0.2) is 44.2 Å². The van der Waals surface area contributed by atoms with Gasteiger partial charge in [0.25, 0.3) is 0 Å². The van der Waals surface area contributed by atoms with Gasteiger partial charge in [0.05, 0.1) is 11.9 Å². The predicted molar refractivity (Wildman–Crippen MR) is 89.7 cm³/mol. The third-order valence-electron chi connectivity index (χ3n) is 2.95. The maximum Gasteiger partial charge on any atom is 0.323 e. The van der Waals surface area contributed by atoms with Crippen LogP contribution in [0.15, 0.2) is 30.5 Å². The lowest BCUT2D eigenvalue weighted by Gasteiger charge is -2.19. The van der Waals surface area contributed by atoms with E-state index in [1.165, 1.54) is 18.3 Å². The van der Waals surface area contributed by atoms with Gasteiger partial charge in [-0.15, -0.1) is 0 Å². The van der Waals surface area contributed by atoms with Gasteiger partial charge in [-0.2, -0.15) is 4.98 Å². The van der Waals surface area contributed by atoms with E-state index in [0.29, 0.717) is 17.5 Å². The first-order valence-corrected chi connectivity index (χ1v) is 6.92. The molecule has 8 heteroatoms. The molecular formula is C15H19FN6O. The summed E-state index contributed by atoms with van der Waals surface area (Å²) < 4.78 is 13.6. The van der Waals surface area contributed by atoms with Gasteiger partial charge in [-0.25, -0.2) is 14.2 Å². The number of nitrogens with zero attached hydrogens (tertiary/aromatic N) is 4. The number of urea groups is 1. The quantitative estimate of drug-likeness (QED) is 0.905. The van der Waals surface area contributed by atoms with E-state index in [-0.39, 0.29) is 5.69 Å². The highest BCUT2D eigenvalue weighted by Gasteiger charge is 2.14. The first-order chi connectivity index (χ1) is 10.9. The highest BCUT2D eigenvalue weighted by Crippen LogP contribution is 2.23. The molecule has 122 valence electrons. The van der Waals surface area contributed by atoms with Crippen LogP contribution in [0.5, 0.6) is 0 Å². The van der Waals surface area contributed by atoms with Crippen molar-refractivity contribution in [2.45, 2.75) is 0 Å². The third-order valence-corrected chi connectivity index (χ3v) is 2.95. The maximum absolute atomic E-state index is 13.6. The largest absolute Gasteiger partial charge is 0.361 e. The number of rotatable bonds is 4. The number of amides is 2. The van der Waals surface area contributed by atoms with E-state index < -0.39 is 11.8 Å². The molecule has 7 nitrogen and oxygen atoms in total. The topological polar surface area (TPSA) is 73.4 Å². The molecule has 0 bridgehead atoms. The molecule has 0 aliphatic rings. The van der Waals surface area contributed by atoms with Crippen LogP contribution < -0.4 is 20.4 Å². The molecule has 0 radical (unpaired) electrons. The van der Waals surface area contributed by atoms with Crippen molar-refractivity contribution in [2.75, 3.05) is 48.6 Å². The fraction of sp³-hybridized carbons (Fsp3) is 0.267. The molecule has 2 N–H and O–H groups in total. The van der Waals surface area contributed by atoms with Gasteiger partial charge in [0, 0.05) is 28.2 Å². The summed E-state index contributed by atoms with van der Waals surface area (Å²) in [5.41, 5.74) is 0.525. The predicted octanol–water partition coefficient (Wildman–Crippen LogP) is 2.39. The van der Waals surface area contributed by atoms with E-state index in [9.17, 15) is 9.18 Å². The maximum atomic E-state index is 13.6. The molecule has 1 aromatic carbocycles. The second kappa shape index (κ2) is 6.91. The van der Waals surface area contributed by atoms with Gasteiger partial charge >= 0.3 is 6.03 Å². The van der Waals surface area contributed by atoms with Crippen molar-refractivity contribution in [3.8, 4) is 0 Å². The van der Waals surface area contributed by atoms with E-state index in [1.54, 1.807) is 21.9 Å². The molecule has 1 aromatic heterocycles. The molecule has 0 aliphatic heterocycles. The van der Waals surface area contributed by atoms with Crippen molar-refractivity contribution < 1.29 is 9.18 Å². The first kappa shape index (κ1) is 16.5. The van der Waals surface area contributed by atoms with Crippen LogP contribution in [0.2, 0.25) is 0 Å². The van der Waals surface area contributed by atoms with Gasteiger partial charge in [-0.05, 0) is 12.1 Å². The zero-order valence-electron chi connectivity index (χ0n) is 13.5. The Labute approximate surface area is 134 Å². The minimum atomic E-state index is -0.570. The van der Waals surface area contributed by atoms with Crippen molar-refractivity contribution in [3.63, 3.8) is 0 Å². The van der Waals surface area contributed by atoms with Crippen LogP contribution >= 0.6 is 0 Å². The van der Waals surface area contributed by atoms with Gasteiger partial charge < -0.3 is 20.4 Å². The minimum Gasteiger partial charge on any atom is -0.361 e. The Hall–Kier alpha value is -2.90. The van der Waals surface area contributed by atoms with Crippen LogP contribution in [0, 0.1) is 5.82 Å². The Morgan fingerprint density at radius 1 is 1.04 bits per heavy atom. The third kappa shape index (κ3) is 4.06. The fourth-order valence-corrected chi connectivity index (χ4v) is 1.85. The Kier molecular flexibility index (Phi) is 4.95. The highest BCUT2D eigenvalue weighted by atomic mass is 19.1. The van der Waals surface area contributed by atoms with Gasteiger partial charge in [-0.3, -0.25) is 0 Å². The van der Waals surface area contributed by atoms with Crippen LogP contribution in [-0.2, 0) is 0 Å². The zero-order chi connectivity index (χ0) is 17.0. The van der Waals surface area contributed by atoms with E-state index in [2.05, 4.69) is 20.6 Å². The summed E-state index contributed by atoms with van der Waals surface area (Å²) in [7, 11) is 7.27. The monoisotopic (exact) mass is 318 g/mol. The van der Waals surface area contributed by atoms with Gasteiger partial charge in [0.1, 0.15) is 11.5 Å². The van der Waals surface area contributed by atoms with Crippen LogP contribution in [0.1, 0.15) is 0 Å². The number of aromatic nitrogens is 2. The van der Waals surface area contributed by atoms with Crippen molar-refractivity contribution in [1.82, 2.24) is 9.97 Å². The molecule has 0 saturated carbocycles. The smallest absolute Gasteiger partial charge is 0.323 e. The Morgan fingerprint density at radius 2 is 1.70 bits per heavy atom. The van der Waals surface area contributed by atoms with Gasteiger partial charge in [0.2, 0.25) is 5.95 Å². The molecule has 23 heavy (non-hydrogen) atoms. The van der Waals surface area contributed by atoms with Gasteiger partial charge in [-0.1, -0.05) is 12.1 Å². The van der Waals surface area contributed by atoms with Crippen molar-refractivity contribution in [3.05, 3.63) is 36.3 Å².